The van der Waals surface area contributed by atoms with Gasteiger partial charge in [0.2, 0.25) is 0 Å². The van der Waals surface area contributed by atoms with Gasteiger partial charge in [-0.2, -0.15) is 10.4 Å². The Labute approximate surface area is 181 Å². The van der Waals surface area contributed by atoms with E-state index >= 15 is 0 Å². The fraction of sp³-hybridized carbons (Fsp3) is 0.417. The molecule has 0 spiro atoms. The molecule has 1 aromatic carbocycles. The quantitative estimate of drug-likeness (QED) is 0.809. The molecule has 2 heterocycles. The number of pyridine rings is 1. The summed E-state index contributed by atoms with van der Waals surface area (Å²) in [5, 5.41) is 25.9. The number of aromatic carboxylic acids is 1. The van der Waals surface area contributed by atoms with Crippen molar-refractivity contribution in [2.45, 2.75) is 44.6 Å². The largest absolute Gasteiger partial charge is 0.495 e. The van der Waals surface area contributed by atoms with Crippen LogP contribution < -0.4 is 9.75 Å². The number of benzene rings is 1. The number of ether oxygens (including phenoxy) is 1. The summed E-state index contributed by atoms with van der Waals surface area (Å²) in [6.07, 6.45) is 6.54. The van der Waals surface area contributed by atoms with Gasteiger partial charge in [-0.05, 0) is 55.9 Å². The number of methoxy groups -OCH3 is 1. The van der Waals surface area contributed by atoms with E-state index in [2.05, 4.69) is 16.1 Å². The van der Waals surface area contributed by atoms with Gasteiger partial charge in [0.15, 0.2) is 0 Å². The Balaban J connectivity index is 1.59. The first-order chi connectivity index (χ1) is 15.1. The summed E-state index contributed by atoms with van der Waals surface area (Å²) in [7, 11) is 1.58. The van der Waals surface area contributed by atoms with Crippen LogP contribution in [-0.2, 0) is 6.42 Å². The van der Waals surface area contributed by atoms with Crippen molar-refractivity contribution in [3.05, 3.63) is 52.8 Å². The van der Waals surface area contributed by atoms with Crippen LogP contribution in [0.25, 0.3) is 0 Å². The summed E-state index contributed by atoms with van der Waals surface area (Å²) in [5.74, 6) is 0.386. The van der Waals surface area contributed by atoms with Gasteiger partial charge in [0.05, 0.1) is 35.8 Å². The monoisotopic (exact) mass is 416 g/mol. The SMILES string of the molecule is COc1cc(N2N=C3c4ccc(C(=O)O)nc4CCC3C2C2CCCC2)ccc1C#N. The van der Waals surface area contributed by atoms with Crippen LogP contribution >= 0.6 is 0 Å². The Morgan fingerprint density at radius 2 is 2.03 bits per heavy atom. The van der Waals surface area contributed by atoms with Crippen LogP contribution in [0, 0.1) is 23.2 Å². The molecule has 2 unspecified atom stereocenters. The smallest absolute Gasteiger partial charge is 0.354 e. The molecule has 2 atom stereocenters. The number of carbonyl (C=O) groups is 1. The Morgan fingerprint density at radius 3 is 2.74 bits per heavy atom. The first-order valence-electron chi connectivity index (χ1n) is 10.8. The van der Waals surface area contributed by atoms with Crippen molar-refractivity contribution in [1.82, 2.24) is 4.98 Å². The van der Waals surface area contributed by atoms with Gasteiger partial charge >= 0.3 is 5.97 Å². The number of nitrogens with zero attached hydrogens (tertiary/aromatic N) is 4. The van der Waals surface area contributed by atoms with E-state index in [-0.39, 0.29) is 17.7 Å². The second-order valence-electron chi connectivity index (χ2n) is 8.50. The Bertz CT molecular complexity index is 1110. The third kappa shape index (κ3) is 3.23. The van der Waals surface area contributed by atoms with E-state index in [1.54, 1.807) is 19.2 Å². The molecule has 1 aliphatic heterocycles. The highest BCUT2D eigenvalue weighted by Crippen LogP contribution is 2.45. The van der Waals surface area contributed by atoms with E-state index in [9.17, 15) is 15.2 Å². The molecule has 0 bridgehead atoms. The molecular formula is C24H24N4O3. The maximum Gasteiger partial charge on any atom is 0.354 e. The van der Waals surface area contributed by atoms with Crippen LogP contribution in [0.15, 0.2) is 35.4 Å². The fourth-order valence-corrected chi connectivity index (χ4v) is 5.46. The summed E-state index contributed by atoms with van der Waals surface area (Å²) < 4.78 is 5.44. The average molecular weight is 416 g/mol. The van der Waals surface area contributed by atoms with E-state index in [0.717, 1.165) is 35.5 Å². The predicted molar refractivity (Wildman–Crippen MR) is 115 cm³/mol. The van der Waals surface area contributed by atoms with E-state index in [1.165, 1.54) is 25.7 Å². The summed E-state index contributed by atoms with van der Waals surface area (Å²) >= 11 is 0. The fourth-order valence-electron chi connectivity index (χ4n) is 5.46. The minimum Gasteiger partial charge on any atom is -0.495 e. The molecule has 1 fully saturated rings. The molecule has 1 saturated carbocycles. The van der Waals surface area contributed by atoms with E-state index in [0.29, 0.717) is 17.2 Å². The first-order valence-corrected chi connectivity index (χ1v) is 10.8. The molecule has 0 saturated heterocycles. The van der Waals surface area contributed by atoms with Gasteiger partial charge in [-0.3, -0.25) is 5.01 Å². The van der Waals surface area contributed by atoms with Crippen molar-refractivity contribution in [3.8, 4) is 11.8 Å². The molecule has 1 N–H and O–H groups in total. The molecule has 1 aromatic heterocycles. The molecule has 31 heavy (non-hydrogen) atoms. The number of carboxylic acid groups (broad SMARTS) is 1. The Kier molecular flexibility index (Phi) is 4.85. The van der Waals surface area contributed by atoms with Gasteiger partial charge in [-0.1, -0.05) is 12.8 Å². The van der Waals surface area contributed by atoms with E-state index < -0.39 is 5.97 Å². The maximum absolute atomic E-state index is 11.4. The van der Waals surface area contributed by atoms with E-state index in [4.69, 9.17) is 9.84 Å². The van der Waals surface area contributed by atoms with Gasteiger partial charge in [-0.25, -0.2) is 9.78 Å². The second-order valence-corrected chi connectivity index (χ2v) is 8.50. The Morgan fingerprint density at radius 1 is 1.23 bits per heavy atom. The molecule has 2 aromatic rings. The lowest BCUT2D eigenvalue weighted by Gasteiger charge is -2.34. The van der Waals surface area contributed by atoms with Gasteiger partial charge in [0.25, 0.3) is 0 Å². The van der Waals surface area contributed by atoms with E-state index in [1.807, 2.05) is 18.2 Å². The van der Waals surface area contributed by atoms with Gasteiger partial charge in [0, 0.05) is 17.5 Å². The average Bonchev–Trinajstić information content (AvgIpc) is 3.45. The first kappa shape index (κ1) is 19.6. The van der Waals surface area contributed by atoms with Crippen molar-refractivity contribution in [2.75, 3.05) is 12.1 Å². The maximum atomic E-state index is 11.4. The summed E-state index contributed by atoms with van der Waals surface area (Å²) in [6.45, 7) is 0. The lowest BCUT2D eigenvalue weighted by molar-refractivity contribution is 0.0690. The van der Waals surface area contributed by atoms with Crippen LogP contribution in [0.1, 0.15) is 59.4 Å². The number of hydrogen-bond acceptors (Lipinski definition) is 6. The topological polar surface area (TPSA) is 98.8 Å². The highest BCUT2D eigenvalue weighted by atomic mass is 16.5. The third-order valence-electron chi connectivity index (χ3n) is 6.88. The molecule has 7 heteroatoms. The highest BCUT2D eigenvalue weighted by Gasteiger charge is 2.46. The predicted octanol–water partition coefficient (Wildman–Crippen LogP) is 4.01. The molecule has 0 radical (unpaired) electrons. The number of aromatic nitrogens is 1. The minimum atomic E-state index is -1.01. The molecular weight excluding hydrogens is 392 g/mol. The van der Waals surface area contributed by atoms with Crippen LogP contribution in [0.2, 0.25) is 0 Å². The molecule has 7 nitrogen and oxygen atoms in total. The van der Waals surface area contributed by atoms with Gasteiger partial charge < -0.3 is 9.84 Å². The number of hydrogen-bond donors (Lipinski definition) is 1. The number of nitriles is 1. The number of rotatable bonds is 4. The molecule has 158 valence electrons. The summed E-state index contributed by atoms with van der Waals surface area (Å²) in [6, 6.07) is 11.5. The highest BCUT2D eigenvalue weighted by molar-refractivity contribution is 6.07. The Hall–Kier alpha value is -3.40. The zero-order chi connectivity index (χ0) is 21.5. The van der Waals surface area contributed by atoms with Gasteiger partial charge in [-0.15, -0.1) is 0 Å². The van der Waals surface area contributed by atoms with Crippen molar-refractivity contribution in [2.24, 2.45) is 16.9 Å². The number of hydrazone groups is 1. The zero-order valence-corrected chi connectivity index (χ0v) is 17.4. The van der Waals surface area contributed by atoms with Crippen LogP contribution in [0.3, 0.4) is 0 Å². The standard InChI is InChI=1S/C24H24N4O3/c1-31-21-12-16(7-6-15(21)13-25)28-23(14-4-2-3-5-14)18-9-10-19-17(22(18)27-28)8-11-20(26-19)24(29)30/h6-8,11-12,14,18,23H,2-5,9-10H2,1H3,(H,29,30). The molecule has 0 amide bonds. The normalized spacial score (nSPS) is 22.5. The van der Waals surface area contributed by atoms with Gasteiger partial charge in [0.1, 0.15) is 17.5 Å². The second kappa shape index (κ2) is 7.69. The lowest BCUT2D eigenvalue weighted by atomic mass is 9.76. The minimum absolute atomic E-state index is 0.0804. The molecule has 5 rings (SSSR count). The molecule has 2 aliphatic carbocycles. The van der Waals surface area contributed by atoms with Crippen molar-refractivity contribution < 1.29 is 14.6 Å². The van der Waals surface area contributed by atoms with Crippen LogP contribution in [0.4, 0.5) is 5.69 Å². The third-order valence-corrected chi connectivity index (χ3v) is 6.88. The zero-order valence-electron chi connectivity index (χ0n) is 17.4. The van der Waals surface area contributed by atoms with Crippen molar-refractivity contribution in [3.63, 3.8) is 0 Å². The lowest BCUT2D eigenvalue weighted by Crippen LogP contribution is -2.40. The number of aryl methyl sites for hydroxylation is 1. The number of fused-ring (bicyclic) bond motifs is 3. The molecule has 3 aliphatic rings. The van der Waals surface area contributed by atoms with Crippen molar-refractivity contribution >= 4 is 17.4 Å². The van der Waals surface area contributed by atoms with Crippen LogP contribution in [0.5, 0.6) is 5.75 Å². The van der Waals surface area contributed by atoms with Crippen LogP contribution in [-0.4, -0.2) is 34.9 Å². The van der Waals surface area contributed by atoms with Crippen molar-refractivity contribution in [1.29, 1.82) is 5.26 Å². The number of carboxylic acids is 1. The summed E-state index contributed by atoms with van der Waals surface area (Å²) in [4.78, 5) is 15.7. The summed E-state index contributed by atoms with van der Waals surface area (Å²) in [5.41, 5.74) is 4.30. The number of anilines is 1.